The number of rotatable bonds is 12. The van der Waals surface area contributed by atoms with Gasteiger partial charge in [0.05, 0.1) is 24.2 Å². The summed E-state index contributed by atoms with van der Waals surface area (Å²) < 4.78 is 40.6. The van der Waals surface area contributed by atoms with Crippen LogP contribution in [0.4, 0.5) is 23.1 Å². The number of likely N-dealkylation sites (N-methyl/N-ethyl adjacent to an activating group) is 1. The zero-order chi connectivity index (χ0) is 27.4. The Balaban J connectivity index is 1.34. The van der Waals surface area contributed by atoms with Gasteiger partial charge in [-0.1, -0.05) is 23.7 Å². The van der Waals surface area contributed by atoms with Crippen molar-refractivity contribution in [2.24, 2.45) is 5.92 Å². The molecule has 0 bridgehead atoms. The number of hydrogen-bond acceptors (Lipinski definition) is 9. The van der Waals surface area contributed by atoms with E-state index in [0.717, 1.165) is 38.1 Å². The van der Waals surface area contributed by atoms with Crippen molar-refractivity contribution in [3.63, 3.8) is 0 Å². The van der Waals surface area contributed by atoms with Gasteiger partial charge in [-0.05, 0) is 63.4 Å². The molecular formula is C27H33ClN6O4S. The van der Waals surface area contributed by atoms with Crippen LogP contribution in [0.2, 0.25) is 5.02 Å². The topological polar surface area (TPSA) is 118 Å². The molecule has 10 nitrogen and oxygen atoms in total. The number of hydrogen-bond donors (Lipinski definition) is 3. The number of halogens is 1. The van der Waals surface area contributed by atoms with Crippen molar-refractivity contribution in [1.82, 2.24) is 19.6 Å². The molecule has 2 aliphatic rings. The summed E-state index contributed by atoms with van der Waals surface area (Å²) in [7, 11) is -1.63. The number of anilines is 4. The van der Waals surface area contributed by atoms with Gasteiger partial charge < -0.3 is 25.0 Å². The Kier molecular flexibility index (Phi) is 8.41. The molecule has 5 rings (SSSR count). The Morgan fingerprint density at radius 3 is 2.67 bits per heavy atom. The highest BCUT2D eigenvalue weighted by Gasteiger charge is 2.26. The van der Waals surface area contributed by atoms with Crippen LogP contribution >= 0.6 is 11.6 Å². The maximum Gasteiger partial charge on any atom is 0.242 e. The van der Waals surface area contributed by atoms with Crippen molar-refractivity contribution < 1.29 is 17.9 Å². The Hall–Kier alpha value is -3.12. The Labute approximate surface area is 234 Å². The van der Waals surface area contributed by atoms with E-state index in [1.54, 1.807) is 24.3 Å². The SMILES string of the molecule is CCOc1cc(OC2CCN(C)C2)ccc1Nc1ncc(Cl)c(Nc2ccccc2S(=O)(=O)NCC2CC2)n1. The highest BCUT2D eigenvalue weighted by atomic mass is 35.5. The molecule has 1 saturated heterocycles. The van der Waals surface area contributed by atoms with Crippen LogP contribution in [0.3, 0.4) is 0 Å². The minimum atomic E-state index is -3.71. The van der Waals surface area contributed by atoms with E-state index in [-0.39, 0.29) is 27.8 Å². The van der Waals surface area contributed by atoms with E-state index in [0.29, 0.717) is 36.2 Å². The molecule has 2 heterocycles. The van der Waals surface area contributed by atoms with Crippen molar-refractivity contribution in [2.75, 3.05) is 43.9 Å². The van der Waals surface area contributed by atoms with Gasteiger partial charge in [0.15, 0.2) is 5.82 Å². The molecule has 1 atom stereocenters. The average molecular weight is 573 g/mol. The van der Waals surface area contributed by atoms with Gasteiger partial charge in [-0.25, -0.2) is 18.1 Å². The zero-order valence-corrected chi connectivity index (χ0v) is 23.6. The highest BCUT2D eigenvalue weighted by molar-refractivity contribution is 7.89. The first kappa shape index (κ1) is 27.4. The summed E-state index contributed by atoms with van der Waals surface area (Å²) in [4.78, 5) is 11.2. The predicted octanol–water partition coefficient (Wildman–Crippen LogP) is 4.79. The van der Waals surface area contributed by atoms with Crippen LogP contribution in [0.15, 0.2) is 53.6 Å². The molecule has 1 aliphatic heterocycles. The van der Waals surface area contributed by atoms with Crippen LogP contribution in [0.5, 0.6) is 11.5 Å². The smallest absolute Gasteiger partial charge is 0.242 e. The molecule has 12 heteroatoms. The van der Waals surface area contributed by atoms with Crippen LogP contribution < -0.4 is 24.8 Å². The summed E-state index contributed by atoms with van der Waals surface area (Å²) in [5, 5.41) is 6.50. The lowest BCUT2D eigenvalue weighted by Gasteiger charge is -2.17. The third kappa shape index (κ3) is 7.10. The van der Waals surface area contributed by atoms with Gasteiger partial charge >= 0.3 is 0 Å². The van der Waals surface area contributed by atoms with E-state index in [1.807, 2.05) is 25.1 Å². The van der Waals surface area contributed by atoms with Gasteiger partial charge in [0.2, 0.25) is 16.0 Å². The first-order valence-corrected chi connectivity index (χ1v) is 14.9. The van der Waals surface area contributed by atoms with Crippen molar-refractivity contribution in [1.29, 1.82) is 0 Å². The fourth-order valence-electron chi connectivity index (χ4n) is 4.33. The number of aromatic nitrogens is 2. The van der Waals surface area contributed by atoms with E-state index in [2.05, 4.69) is 37.3 Å². The predicted molar refractivity (Wildman–Crippen MR) is 152 cm³/mol. The molecule has 2 aromatic carbocycles. The minimum Gasteiger partial charge on any atom is -0.492 e. The van der Waals surface area contributed by atoms with Crippen LogP contribution in [-0.4, -0.2) is 62.7 Å². The molecule has 3 aromatic rings. The third-order valence-corrected chi connectivity index (χ3v) is 8.34. The van der Waals surface area contributed by atoms with E-state index >= 15 is 0 Å². The van der Waals surface area contributed by atoms with Crippen LogP contribution in [0.25, 0.3) is 0 Å². The molecule has 1 aromatic heterocycles. The number of benzene rings is 2. The normalized spacial score (nSPS) is 17.7. The number of para-hydroxylation sites is 1. The van der Waals surface area contributed by atoms with Gasteiger partial charge in [-0.2, -0.15) is 4.98 Å². The molecule has 1 saturated carbocycles. The Morgan fingerprint density at radius 2 is 1.92 bits per heavy atom. The second-order valence-electron chi connectivity index (χ2n) is 9.81. The number of nitrogens with one attached hydrogen (secondary N) is 3. The summed E-state index contributed by atoms with van der Waals surface area (Å²) in [5.74, 6) is 2.28. The van der Waals surface area contributed by atoms with Crippen molar-refractivity contribution in [3.05, 3.63) is 53.7 Å². The quantitative estimate of drug-likeness (QED) is 0.281. The molecule has 208 valence electrons. The van der Waals surface area contributed by atoms with Crippen LogP contribution in [0, 0.1) is 5.92 Å². The van der Waals surface area contributed by atoms with E-state index in [4.69, 9.17) is 21.1 Å². The minimum absolute atomic E-state index is 0.123. The molecule has 3 N–H and O–H groups in total. The van der Waals surface area contributed by atoms with Gasteiger partial charge in [0.1, 0.15) is 27.5 Å². The number of likely N-dealkylation sites (tertiary alicyclic amines) is 1. The molecule has 0 spiro atoms. The van der Waals surface area contributed by atoms with Gasteiger partial charge in [0, 0.05) is 25.7 Å². The third-order valence-electron chi connectivity index (χ3n) is 6.58. The number of sulfonamides is 1. The monoisotopic (exact) mass is 572 g/mol. The molecule has 39 heavy (non-hydrogen) atoms. The Morgan fingerprint density at radius 1 is 1.10 bits per heavy atom. The van der Waals surface area contributed by atoms with Crippen LogP contribution in [-0.2, 0) is 10.0 Å². The molecular weight excluding hydrogens is 540 g/mol. The lowest BCUT2D eigenvalue weighted by Crippen LogP contribution is -2.26. The fraction of sp³-hybridized carbons (Fsp3) is 0.407. The lowest BCUT2D eigenvalue weighted by atomic mass is 10.2. The highest BCUT2D eigenvalue weighted by Crippen LogP contribution is 2.34. The largest absolute Gasteiger partial charge is 0.492 e. The molecule has 0 radical (unpaired) electrons. The number of nitrogens with zero attached hydrogens (tertiary/aromatic N) is 3. The molecule has 2 fully saturated rings. The van der Waals surface area contributed by atoms with Gasteiger partial charge in [0.25, 0.3) is 0 Å². The standard InChI is InChI=1S/C27H33ClN6O4S/c1-3-37-24-14-19(38-20-12-13-34(2)17-20)10-11-22(24)32-27-29-16-21(28)26(33-27)31-23-6-4-5-7-25(23)39(35,36)30-15-18-8-9-18/h4-7,10-11,14,16,18,20,30H,3,8-9,12-13,15,17H2,1-2H3,(H2,29,31,32,33). The van der Waals surface area contributed by atoms with Crippen LogP contribution in [0.1, 0.15) is 26.2 Å². The average Bonchev–Trinajstić information content (AvgIpc) is 3.66. The van der Waals surface area contributed by atoms with E-state index in [1.165, 1.54) is 6.20 Å². The maximum absolute atomic E-state index is 13.0. The lowest BCUT2D eigenvalue weighted by molar-refractivity contribution is 0.207. The second kappa shape index (κ2) is 12.0. The maximum atomic E-state index is 13.0. The van der Waals surface area contributed by atoms with Crippen molar-refractivity contribution in [3.8, 4) is 11.5 Å². The van der Waals surface area contributed by atoms with Crippen molar-refractivity contribution >= 4 is 44.8 Å². The fourth-order valence-corrected chi connectivity index (χ4v) is 5.75. The summed E-state index contributed by atoms with van der Waals surface area (Å²) >= 11 is 6.39. The molecule has 0 amide bonds. The summed E-state index contributed by atoms with van der Waals surface area (Å²) in [5.41, 5.74) is 1.02. The summed E-state index contributed by atoms with van der Waals surface area (Å²) in [6.07, 6.45) is 4.68. The van der Waals surface area contributed by atoms with Gasteiger partial charge in [-0.15, -0.1) is 0 Å². The van der Waals surface area contributed by atoms with Gasteiger partial charge in [-0.3, -0.25) is 0 Å². The summed E-state index contributed by atoms with van der Waals surface area (Å²) in [6, 6.07) is 12.2. The zero-order valence-electron chi connectivity index (χ0n) is 22.0. The first-order chi connectivity index (χ1) is 18.8. The van der Waals surface area contributed by atoms with E-state index < -0.39 is 10.0 Å². The number of ether oxygens (including phenoxy) is 2. The van der Waals surface area contributed by atoms with E-state index in [9.17, 15) is 8.42 Å². The summed E-state index contributed by atoms with van der Waals surface area (Å²) in [6.45, 7) is 4.72. The second-order valence-corrected chi connectivity index (χ2v) is 12.0. The first-order valence-electron chi connectivity index (χ1n) is 13.1. The molecule has 1 aliphatic carbocycles. The molecule has 1 unspecified atom stereocenters. The van der Waals surface area contributed by atoms with Crippen molar-refractivity contribution in [2.45, 2.75) is 37.2 Å². The Bertz CT molecular complexity index is 1420.